The maximum Gasteiger partial charge on any atom is 0.408 e. The highest BCUT2D eigenvalue weighted by molar-refractivity contribution is 5.93. The lowest BCUT2D eigenvalue weighted by Crippen LogP contribution is -2.54. The Bertz CT molecular complexity index is 1180. The molecule has 0 heterocycles. The largest absolute Gasteiger partial charge is 0.508 e. The van der Waals surface area contributed by atoms with E-state index in [0.717, 1.165) is 11.1 Å². The van der Waals surface area contributed by atoms with Gasteiger partial charge in [-0.05, 0) is 82.9 Å². The van der Waals surface area contributed by atoms with Gasteiger partial charge in [0.25, 0.3) is 0 Å². The Morgan fingerprint density at radius 2 is 1.59 bits per heavy atom. The van der Waals surface area contributed by atoms with Crippen molar-refractivity contribution in [3.8, 4) is 5.75 Å². The zero-order valence-electron chi connectivity index (χ0n) is 25.1. The van der Waals surface area contributed by atoms with Crippen LogP contribution in [0.2, 0.25) is 0 Å². The van der Waals surface area contributed by atoms with E-state index in [1.807, 2.05) is 32.0 Å². The van der Waals surface area contributed by atoms with Crippen LogP contribution < -0.4 is 10.6 Å². The van der Waals surface area contributed by atoms with Crippen LogP contribution in [0.5, 0.6) is 5.75 Å². The number of esters is 1. The van der Waals surface area contributed by atoms with E-state index in [9.17, 15) is 24.3 Å². The van der Waals surface area contributed by atoms with Crippen molar-refractivity contribution >= 4 is 23.9 Å². The van der Waals surface area contributed by atoms with Gasteiger partial charge in [0.15, 0.2) is 0 Å². The number of ether oxygens (including phenoxy) is 2. The first-order chi connectivity index (χ1) is 19.3. The number of carbonyl (C=O) groups excluding carboxylic acids is 4. The van der Waals surface area contributed by atoms with E-state index in [1.54, 1.807) is 46.8 Å². The minimum Gasteiger partial charge on any atom is -0.508 e. The summed E-state index contributed by atoms with van der Waals surface area (Å²) in [6.07, 6.45) is -0.685. The predicted molar refractivity (Wildman–Crippen MR) is 155 cm³/mol. The first-order valence-electron chi connectivity index (χ1n) is 13.8. The van der Waals surface area contributed by atoms with E-state index in [1.165, 1.54) is 17.0 Å². The van der Waals surface area contributed by atoms with E-state index in [4.69, 9.17) is 9.47 Å². The molecule has 0 spiro atoms. The van der Waals surface area contributed by atoms with Gasteiger partial charge in [0, 0.05) is 19.5 Å². The van der Waals surface area contributed by atoms with Gasteiger partial charge in [-0.2, -0.15) is 0 Å². The van der Waals surface area contributed by atoms with Crippen LogP contribution >= 0.6 is 0 Å². The molecule has 224 valence electrons. The van der Waals surface area contributed by atoms with Crippen LogP contribution in [0.3, 0.4) is 0 Å². The number of aromatic hydroxyl groups is 1. The topological polar surface area (TPSA) is 134 Å². The van der Waals surface area contributed by atoms with Crippen LogP contribution in [0, 0.1) is 13.8 Å². The third-order valence-corrected chi connectivity index (χ3v) is 6.30. The Morgan fingerprint density at radius 3 is 2.12 bits per heavy atom. The van der Waals surface area contributed by atoms with Gasteiger partial charge in [0.1, 0.15) is 23.4 Å². The smallest absolute Gasteiger partial charge is 0.408 e. The highest BCUT2D eigenvalue weighted by Crippen LogP contribution is 2.29. The van der Waals surface area contributed by atoms with Crippen molar-refractivity contribution in [1.29, 1.82) is 0 Å². The fourth-order valence-electron chi connectivity index (χ4n) is 4.49. The number of aryl methyl sites for hydroxylation is 2. The first-order valence-corrected chi connectivity index (χ1v) is 13.8. The molecule has 3 N–H and O–H groups in total. The number of hydrogen-bond acceptors (Lipinski definition) is 7. The van der Waals surface area contributed by atoms with Crippen molar-refractivity contribution in [3.05, 3.63) is 64.7 Å². The molecule has 0 radical (unpaired) electrons. The molecule has 0 aliphatic rings. The molecule has 2 atom stereocenters. The number of phenols is 1. The number of rotatable bonds is 12. The third-order valence-electron chi connectivity index (χ3n) is 6.30. The number of nitrogens with zero attached hydrogens (tertiary/aromatic N) is 1. The second-order valence-electron chi connectivity index (χ2n) is 10.7. The molecule has 3 amide bonds. The molecule has 2 aromatic carbocycles. The van der Waals surface area contributed by atoms with Gasteiger partial charge in [-0.3, -0.25) is 14.4 Å². The van der Waals surface area contributed by atoms with Gasteiger partial charge in [-0.15, -0.1) is 0 Å². The van der Waals surface area contributed by atoms with Crippen molar-refractivity contribution in [1.82, 2.24) is 15.5 Å². The van der Waals surface area contributed by atoms with Gasteiger partial charge in [-0.25, -0.2) is 4.79 Å². The number of nitrogens with one attached hydrogen (secondary N) is 2. The zero-order valence-corrected chi connectivity index (χ0v) is 25.1. The second kappa shape index (κ2) is 15.1. The lowest BCUT2D eigenvalue weighted by Gasteiger charge is -2.35. The van der Waals surface area contributed by atoms with E-state index in [0.29, 0.717) is 11.1 Å². The van der Waals surface area contributed by atoms with Gasteiger partial charge in [0.05, 0.1) is 13.0 Å². The maximum atomic E-state index is 14.2. The van der Waals surface area contributed by atoms with Crippen LogP contribution in [0.1, 0.15) is 69.3 Å². The van der Waals surface area contributed by atoms with Crippen LogP contribution in [-0.2, 0) is 30.3 Å². The number of phenolic OH excluding ortho intramolecular Hbond substituents is 1. The molecule has 0 aromatic heterocycles. The SMILES string of the molecule is CCOC(=O)CCNC(=O)C(c1c(C)cccc1C)N(CC)C(=O)C(Cc1ccc(O)cc1)NC(=O)OC(C)(C)C. The number of carbonyl (C=O) groups is 4. The van der Waals surface area contributed by atoms with Gasteiger partial charge in [-0.1, -0.05) is 30.3 Å². The summed E-state index contributed by atoms with van der Waals surface area (Å²) in [6, 6.07) is 9.82. The summed E-state index contributed by atoms with van der Waals surface area (Å²) in [4.78, 5) is 54.0. The summed E-state index contributed by atoms with van der Waals surface area (Å²) in [5.74, 6) is -1.31. The maximum absolute atomic E-state index is 14.2. The summed E-state index contributed by atoms with van der Waals surface area (Å²) in [5, 5.41) is 15.2. The fraction of sp³-hybridized carbons (Fsp3) is 0.484. The summed E-state index contributed by atoms with van der Waals surface area (Å²) >= 11 is 0. The second-order valence-corrected chi connectivity index (χ2v) is 10.7. The lowest BCUT2D eigenvalue weighted by molar-refractivity contribution is -0.144. The standard InChI is InChI=1S/C31H43N3O7/c1-8-34(27(26-20(3)11-10-12-21(26)4)28(37)32-18-17-25(36)40-9-2)29(38)24(33-30(39)41-31(5,6)7)19-22-13-15-23(35)16-14-22/h10-16,24,27,35H,8-9,17-19H2,1-7H3,(H,32,37)(H,33,39). The zero-order chi connectivity index (χ0) is 30.7. The van der Waals surface area contributed by atoms with Crippen molar-refractivity contribution in [2.75, 3.05) is 19.7 Å². The van der Waals surface area contributed by atoms with E-state index < -0.39 is 41.6 Å². The minimum atomic E-state index is -1.08. The van der Waals surface area contributed by atoms with Crippen molar-refractivity contribution < 1.29 is 33.8 Å². The molecule has 10 nitrogen and oxygen atoms in total. The summed E-state index contributed by atoms with van der Waals surface area (Å²) in [5.41, 5.74) is 2.20. The summed E-state index contributed by atoms with van der Waals surface area (Å²) in [6.45, 7) is 12.8. The Labute approximate surface area is 242 Å². The molecule has 0 aliphatic carbocycles. The first kappa shape index (κ1) is 33.1. The summed E-state index contributed by atoms with van der Waals surface area (Å²) in [7, 11) is 0. The molecule has 2 unspecified atom stereocenters. The molecule has 2 aromatic rings. The molecule has 0 saturated carbocycles. The predicted octanol–water partition coefficient (Wildman–Crippen LogP) is 4.10. The van der Waals surface area contributed by atoms with Gasteiger partial charge < -0.3 is 30.1 Å². The molecule has 10 heteroatoms. The highest BCUT2D eigenvalue weighted by Gasteiger charge is 2.37. The monoisotopic (exact) mass is 569 g/mol. The minimum absolute atomic E-state index is 0.0111. The molecule has 0 fully saturated rings. The Hall–Kier alpha value is -4.08. The van der Waals surface area contributed by atoms with Crippen LogP contribution in [0.25, 0.3) is 0 Å². The normalized spacial score (nSPS) is 12.6. The number of likely N-dealkylation sites (N-methyl/N-ethyl adjacent to an activating group) is 1. The van der Waals surface area contributed by atoms with E-state index in [-0.39, 0.29) is 38.3 Å². The van der Waals surface area contributed by atoms with Crippen molar-refractivity contribution in [2.45, 2.75) is 79.0 Å². The molecular formula is C31H43N3O7. The lowest BCUT2D eigenvalue weighted by atomic mass is 9.93. The molecule has 0 aliphatic heterocycles. The average Bonchev–Trinajstić information content (AvgIpc) is 2.87. The number of amides is 3. The molecular weight excluding hydrogens is 526 g/mol. The van der Waals surface area contributed by atoms with Gasteiger partial charge >= 0.3 is 12.1 Å². The van der Waals surface area contributed by atoms with E-state index in [2.05, 4.69) is 10.6 Å². The fourth-order valence-corrected chi connectivity index (χ4v) is 4.49. The molecule has 0 saturated heterocycles. The Kier molecular flexibility index (Phi) is 12.2. The molecule has 41 heavy (non-hydrogen) atoms. The quantitative estimate of drug-likeness (QED) is 0.328. The van der Waals surface area contributed by atoms with Crippen molar-refractivity contribution in [2.24, 2.45) is 0 Å². The van der Waals surface area contributed by atoms with Gasteiger partial charge in [0.2, 0.25) is 11.8 Å². The Balaban J connectivity index is 2.48. The van der Waals surface area contributed by atoms with Crippen LogP contribution in [0.4, 0.5) is 4.79 Å². The average molecular weight is 570 g/mol. The third kappa shape index (κ3) is 10.1. The Morgan fingerprint density at radius 1 is 0.976 bits per heavy atom. The summed E-state index contributed by atoms with van der Waals surface area (Å²) < 4.78 is 10.4. The van der Waals surface area contributed by atoms with Crippen molar-refractivity contribution in [3.63, 3.8) is 0 Å². The molecule has 2 rings (SSSR count). The van der Waals surface area contributed by atoms with E-state index >= 15 is 0 Å². The highest BCUT2D eigenvalue weighted by atomic mass is 16.6. The molecule has 0 bridgehead atoms. The number of alkyl carbamates (subject to hydrolysis) is 1. The van der Waals surface area contributed by atoms with Crippen LogP contribution in [0.15, 0.2) is 42.5 Å². The number of benzene rings is 2. The number of hydrogen-bond donors (Lipinski definition) is 3. The van der Waals surface area contributed by atoms with Crippen LogP contribution in [-0.4, -0.2) is 65.2 Å².